The van der Waals surface area contributed by atoms with Crippen LogP contribution in [0.4, 0.5) is 23.0 Å². The highest BCUT2D eigenvalue weighted by Gasteiger charge is 2.17. The fraction of sp³-hybridized carbons (Fsp3) is 0.273. The fourth-order valence-corrected chi connectivity index (χ4v) is 2.92. The van der Waals surface area contributed by atoms with Crippen molar-refractivity contribution in [3.05, 3.63) is 60.4 Å². The summed E-state index contributed by atoms with van der Waals surface area (Å²) in [5.41, 5.74) is 3.07. The number of para-hydroxylation sites is 1. The van der Waals surface area contributed by atoms with Crippen LogP contribution in [-0.4, -0.2) is 24.2 Å². The third-order valence-electron chi connectivity index (χ3n) is 4.34. The average Bonchev–Trinajstić information content (AvgIpc) is 2.68. The van der Waals surface area contributed by atoms with E-state index in [1.807, 2.05) is 30.3 Å². The lowest BCUT2D eigenvalue weighted by Gasteiger charge is -2.23. The smallest absolute Gasteiger partial charge is 0.146 e. The number of rotatable bonds is 6. The summed E-state index contributed by atoms with van der Waals surface area (Å²) in [6.07, 6.45) is 1.53. The first-order valence-electron chi connectivity index (χ1n) is 9.08. The summed E-state index contributed by atoms with van der Waals surface area (Å²) in [6, 6.07) is 15.7. The predicted molar refractivity (Wildman–Crippen MR) is 113 cm³/mol. The van der Waals surface area contributed by atoms with Crippen molar-refractivity contribution in [3.63, 3.8) is 0 Å². The van der Waals surface area contributed by atoms with Gasteiger partial charge in [-0.3, -0.25) is 0 Å². The van der Waals surface area contributed by atoms with E-state index in [0.29, 0.717) is 17.4 Å². The molecule has 0 radical (unpaired) electrons. The minimum atomic E-state index is 0.0220. The molecule has 0 spiro atoms. The summed E-state index contributed by atoms with van der Waals surface area (Å²) in [5, 5.41) is 6.68. The Kier molecular flexibility index (Phi) is 5.68. The maximum atomic E-state index is 5.44. The summed E-state index contributed by atoms with van der Waals surface area (Å²) in [6.45, 7) is 6.57. The van der Waals surface area contributed by atoms with Crippen molar-refractivity contribution in [1.82, 2.24) is 9.97 Å². The summed E-state index contributed by atoms with van der Waals surface area (Å²) in [5.74, 6) is 2.77. The van der Waals surface area contributed by atoms with Crippen LogP contribution in [-0.2, 0) is 5.41 Å². The van der Waals surface area contributed by atoms with E-state index in [2.05, 4.69) is 59.6 Å². The van der Waals surface area contributed by atoms with Crippen LogP contribution >= 0.6 is 0 Å². The Labute approximate surface area is 166 Å². The van der Waals surface area contributed by atoms with Gasteiger partial charge in [-0.1, -0.05) is 39.0 Å². The quantitative estimate of drug-likeness (QED) is 0.608. The zero-order chi connectivity index (χ0) is 20.1. The van der Waals surface area contributed by atoms with Gasteiger partial charge in [-0.25, -0.2) is 9.97 Å². The monoisotopic (exact) mass is 378 g/mol. The van der Waals surface area contributed by atoms with Gasteiger partial charge in [0.25, 0.3) is 0 Å². The fourth-order valence-electron chi connectivity index (χ4n) is 2.92. The van der Waals surface area contributed by atoms with Crippen LogP contribution in [0.5, 0.6) is 11.5 Å². The lowest BCUT2D eigenvalue weighted by molar-refractivity contribution is 0.395. The van der Waals surface area contributed by atoms with Crippen molar-refractivity contribution in [2.45, 2.75) is 26.2 Å². The molecule has 2 aromatic carbocycles. The van der Waals surface area contributed by atoms with Crippen LogP contribution in [0.25, 0.3) is 0 Å². The van der Waals surface area contributed by atoms with E-state index in [1.54, 1.807) is 14.2 Å². The van der Waals surface area contributed by atoms with Crippen LogP contribution in [0.15, 0.2) is 54.9 Å². The number of ether oxygens (including phenoxy) is 2. The number of nitrogens with one attached hydrogen (secondary N) is 2. The summed E-state index contributed by atoms with van der Waals surface area (Å²) in [4.78, 5) is 8.67. The van der Waals surface area contributed by atoms with Gasteiger partial charge in [-0.15, -0.1) is 0 Å². The van der Waals surface area contributed by atoms with Crippen LogP contribution < -0.4 is 20.1 Å². The Balaban J connectivity index is 1.85. The van der Waals surface area contributed by atoms with Gasteiger partial charge in [-0.2, -0.15) is 0 Å². The highest BCUT2D eigenvalue weighted by molar-refractivity contribution is 5.69. The van der Waals surface area contributed by atoms with Gasteiger partial charge in [0.1, 0.15) is 29.5 Å². The normalized spacial score (nSPS) is 11.0. The topological polar surface area (TPSA) is 68.3 Å². The summed E-state index contributed by atoms with van der Waals surface area (Å²) < 4.78 is 10.7. The molecule has 0 bridgehead atoms. The molecule has 3 aromatic rings. The van der Waals surface area contributed by atoms with Gasteiger partial charge in [-0.05, 0) is 29.2 Å². The van der Waals surface area contributed by atoms with Gasteiger partial charge >= 0.3 is 0 Å². The predicted octanol–water partition coefficient (Wildman–Crippen LogP) is 5.28. The van der Waals surface area contributed by atoms with E-state index in [4.69, 9.17) is 9.47 Å². The Morgan fingerprint density at radius 2 is 1.46 bits per heavy atom. The zero-order valence-corrected chi connectivity index (χ0v) is 16.9. The van der Waals surface area contributed by atoms with Crippen LogP contribution in [0.2, 0.25) is 0 Å². The summed E-state index contributed by atoms with van der Waals surface area (Å²) in [7, 11) is 3.25. The van der Waals surface area contributed by atoms with Gasteiger partial charge in [0.2, 0.25) is 0 Å². The first kappa shape index (κ1) is 19.5. The second-order valence-corrected chi connectivity index (χ2v) is 7.40. The van der Waals surface area contributed by atoms with Crippen molar-refractivity contribution in [1.29, 1.82) is 0 Å². The van der Waals surface area contributed by atoms with E-state index in [1.165, 1.54) is 11.9 Å². The van der Waals surface area contributed by atoms with Crippen molar-refractivity contribution < 1.29 is 9.47 Å². The van der Waals surface area contributed by atoms with Crippen LogP contribution in [0.3, 0.4) is 0 Å². The van der Waals surface area contributed by atoms with E-state index >= 15 is 0 Å². The Morgan fingerprint density at radius 3 is 2.11 bits per heavy atom. The molecule has 1 aromatic heterocycles. The Morgan fingerprint density at radius 1 is 0.786 bits per heavy atom. The van der Waals surface area contributed by atoms with Gasteiger partial charge < -0.3 is 20.1 Å². The molecular weight excluding hydrogens is 352 g/mol. The summed E-state index contributed by atoms with van der Waals surface area (Å²) >= 11 is 0. The number of nitrogens with zero attached hydrogens (tertiary/aromatic N) is 2. The highest BCUT2D eigenvalue weighted by atomic mass is 16.5. The first-order chi connectivity index (χ1) is 13.4. The van der Waals surface area contributed by atoms with Gasteiger partial charge in [0.15, 0.2) is 0 Å². The van der Waals surface area contributed by atoms with Crippen LogP contribution in [0.1, 0.15) is 26.3 Å². The minimum Gasteiger partial charge on any atom is -0.497 e. The van der Waals surface area contributed by atoms with E-state index in [0.717, 1.165) is 17.1 Å². The van der Waals surface area contributed by atoms with E-state index in [9.17, 15) is 0 Å². The largest absolute Gasteiger partial charge is 0.497 e. The van der Waals surface area contributed by atoms with E-state index < -0.39 is 0 Å². The molecule has 0 unspecified atom stereocenters. The zero-order valence-electron chi connectivity index (χ0n) is 16.9. The Bertz CT molecular complexity index is 951. The van der Waals surface area contributed by atoms with Crippen LogP contribution in [0, 0.1) is 0 Å². The molecule has 0 amide bonds. The maximum Gasteiger partial charge on any atom is 0.146 e. The number of anilines is 4. The molecule has 0 atom stereocenters. The molecule has 1 heterocycles. The third-order valence-corrected chi connectivity index (χ3v) is 4.34. The molecule has 0 saturated heterocycles. The van der Waals surface area contributed by atoms with E-state index in [-0.39, 0.29) is 5.41 Å². The SMILES string of the molecule is COc1ccc(Nc2cc(Nc3ccccc3C(C)(C)C)ncn2)c(OC)c1. The maximum absolute atomic E-state index is 5.44. The second-order valence-electron chi connectivity index (χ2n) is 7.40. The molecule has 28 heavy (non-hydrogen) atoms. The first-order valence-corrected chi connectivity index (χ1v) is 9.08. The molecular formula is C22H26N4O2. The average molecular weight is 378 g/mol. The molecule has 0 aliphatic carbocycles. The second kappa shape index (κ2) is 8.17. The van der Waals surface area contributed by atoms with Crippen molar-refractivity contribution in [2.24, 2.45) is 0 Å². The van der Waals surface area contributed by atoms with Gasteiger partial charge in [0.05, 0.1) is 19.9 Å². The van der Waals surface area contributed by atoms with Crippen molar-refractivity contribution >= 4 is 23.0 Å². The molecule has 3 rings (SSSR count). The molecule has 0 aliphatic heterocycles. The molecule has 0 fully saturated rings. The Hall–Kier alpha value is -3.28. The van der Waals surface area contributed by atoms with Gasteiger partial charge in [0, 0.05) is 17.8 Å². The number of hydrogen-bond acceptors (Lipinski definition) is 6. The molecule has 2 N–H and O–H groups in total. The number of aromatic nitrogens is 2. The molecule has 0 saturated carbocycles. The number of hydrogen-bond donors (Lipinski definition) is 2. The minimum absolute atomic E-state index is 0.0220. The standard InChI is InChI=1S/C22H26N4O2/c1-22(2,3)16-8-6-7-9-17(16)25-20-13-21(24-14-23-20)26-18-11-10-15(27-4)12-19(18)28-5/h6-14H,1-5H3,(H2,23,24,25,26). The highest BCUT2D eigenvalue weighted by Crippen LogP contribution is 2.33. The molecule has 6 heteroatoms. The number of benzene rings is 2. The molecule has 6 nitrogen and oxygen atoms in total. The van der Waals surface area contributed by atoms with Crippen molar-refractivity contribution in [3.8, 4) is 11.5 Å². The third kappa shape index (κ3) is 4.52. The molecule has 146 valence electrons. The lowest BCUT2D eigenvalue weighted by atomic mass is 9.86. The van der Waals surface area contributed by atoms with Crippen molar-refractivity contribution in [2.75, 3.05) is 24.9 Å². The number of methoxy groups -OCH3 is 2. The molecule has 0 aliphatic rings. The lowest BCUT2D eigenvalue weighted by Crippen LogP contribution is -2.13.